The van der Waals surface area contributed by atoms with E-state index in [0.717, 1.165) is 12.1 Å². The van der Waals surface area contributed by atoms with Crippen molar-refractivity contribution in [3.8, 4) is 0 Å². The van der Waals surface area contributed by atoms with Crippen molar-refractivity contribution in [2.24, 2.45) is 0 Å². The van der Waals surface area contributed by atoms with Crippen LogP contribution in [0.4, 0.5) is 22.0 Å². The zero-order chi connectivity index (χ0) is 15.1. The van der Waals surface area contributed by atoms with Crippen molar-refractivity contribution in [1.29, 1.82) is 0 Å². The molecule has 0 bridgehead atoms. The second-order valence-corrected chi connectivity index (χ2v) is 4.28. The Morgan fingerprint density at radius 1 is 1.15 bits per heavy atom. The fourth-order valence-electron chi connectivity index (χ4n) is 1.86. The number of amides is 1. The molecule has 0 radical (unpaired) electrons. The molecule has 0 aromatic heterocycles. The Balaban J connectivity index is 2.42. The average molecular weight is 293 g/mol. The third kappa shape index (κ3) is 2.25. The monoisotopic (exact) mass is 293 g/mol. The van der Waals surface area contributed by atoms with E-state index >= 15 is 0 Å². The molecule has 0 atom stereocenters. The number of alkyl halides is 5. The SMILES string of the molecule is O=C1NCCc2ccc(C(=O)C(F)(F)C(F)(F)F)cc21. The quantitative estimate of drug-likeness (QED) is 0.672. The van der Waals surface area contributed by atoms with Crippen LogP contribution >= 0.6 is 0 Å². The van der Waals surface area contributed by atoms with E-state index < -0.39 is 29.4 Å². The van der Waals surface area contributed by atoms with Crippen molar-refractivity contribution in [3.63, 3.8) is 0 Å². The predicted octanol–water partition coefficient (Wildman–Crippen LogP) is 2.35. The number of halogens is 5. The van der Waals surface area contributed by atoms with Crippen molar-refractivity contribution in [2.75, 3.05) is 6.54 Å². The third-order valence-electron chi connectivity index (χ3n) is 2.94. The maximum absolute atomic E-state index is 13.0. The molecule has 20 heavy (non-hydrogen) atoms. The number of fused-ring (bicyclic) bond motifs is 1. The number of carbonyl (C=O) groups excluding carboxylic acids is 2. The van der Waals surface area contributed by atoms with Gasteiger partial charge in [-0.25, -0.2) is 0 Å². The van der Waals surface area contributed by atoms with E-state index in [1.54, 1.807) is 0 Å². The number of rotatable bonds is 2. The van der Waals surface area contributed by atoms with Crippen LogP contribution in [0.15, 0.2) is 18.2 Å². The van der Waals surface area contributed by atoms with Crippen LogP contribution in [-0.4, -0.2) is 30.3 Å². The van der Waals surface area contributed by atoms with Crippen molar-refractivity contribution >= 4 is 11.7 Å². The molecule has 2 rings (SSSR count). The normalized spacial score (nSPS) is 15.6. The van der Waals surface area contributed by atoms with E-state index in [9.17, 15) is 31.5 Å². The topological polar surface area (TPSA) is 46.2 Å². The standard InChI is InChI=1S/C12H8F5NO2/c13-11(14,12(15,16)17)9(19)7-2-1-6-3-4-18-10(20)8(6)5-7/h1-2,5H,3-4H2,(H,18,20). The second kappa shape index (κ2) is 4.53. The zero-order valence-corrected chi connectivity index (χ0v) is 9.85. The van der Waals surface area contributed by atoms with Crippen molar-refractivity contribution in [2.45, 2.75) is 18.5 Å². The summed E-state index contributed by atoms with van der Waals surface area (Å²) in [6, 6.07) is 2.86. The van der Waals surface area contributed by atoms with Crippen LogP contribution in [0.2, 0.25) is 0 Å². The van der Waals surface area contributed by atoms with E-state index in [2.05, 4.69) is 5.32 Å². The molecule has 1 heterocycles. The molecule has 0 saturated heterocycles. The number of Topliss-reactive ketones (excluding diaryl/α,β-unsaturated/α-hetero) is 1. The average Bonchev–Trinajstić information content (AvgIpc) is 2.36. The minimum atomic E-state index is -5.97. The van der Waals surface area contributed by atoms with Crippen molar-refractivity contribution < 1.29 is 31.5 Å². The summed E-state index contributed by atoms with van der Waals surface area (Å²) in [5.41, 5.74) is -0.399. The Hall–Kier alpha value is -1.99. The second-order valence-electron chi connectivity index (χ2n) is 4.28. The molecular weight excluding hydrogens is 285 g/mol. The maximum atomic E-state index is 13.0. The van der Waals surface area contributed by atoms with Crippen LogP contribution in [0, 0.1) is 0 Å². The van der Waals surface area contributed by atoms with Gasteiger partial charge in [-0.15, -0.1) is 0 Å². The summed E-state index contributed by atoms with van der Waals surface area (Å²) in [5.74, 6) is -8.45. The van der Waals surface area contributed by atoms with Gasteiger partial charge in [-0.2, -0.15) is 22.0 Å². The predicted molar refractivity (Wildman–Crippen MR) is 57.8 cm³/mol. The number of ketones is 1. The van der Waals surface area contributed by atoms with Crippen LogP contribution in [0.25, 0.3) is 0 Å². The highest BCUT2D eigenvalue weighted by molar-refractivity contribution is 6.05. The van der Waals surface area contributed by atoms with Gasteiger partial charge in [-0.1, -0.05) is 12.1 Å². The molecule has 8 heteroatoms. The molecule has 0 unspecified atom stereocenters. The van der Waals surface area contributed by atoms with Gasteiger partial charge in [0, 0.05) is 17.7 Å². The van der Waals surface area contributed by atoms with Crippen molar-refractivity contribution in [3.05, 3.63) is 34.9 Å². The largest absolute Gasteiger partial charge is 0.461 e. The number of carbonyl (C=O) groups is 2. The first-order valence-electron chi connectivity index (χ1n) is 5.55. The molecule has 0 fully saturated rings. The van der Waals surface area contributed by atoms with Gasteiger partial charge in [0.2, 0.25) is 5.78 Å². The molecule has 1 amide bonds. The van der Waals surface area contributed by atoms with Crippen LogP contribution in [0.1, 0.15) is 26.3 Å². The van der Waals surface area contributed by atoms with Crippen LogP contribution in [0.3, 0.4) is 0 Å². The lowest BCUT2D eigenvalue weighted by molar-refractivity contribution is -0.255. The molecule has 108 valence electrons. The Morgan fingerprint density at radius 2 is 1.80 bits per heavy atom. The summed E-state index contributed by atoms with van der Waals surface area (Å²) in [4.78, 5) is 22.8. The highest BCUT2D eigenvalue weighted by atomic mass is 19.4. The molecule has 0 aliphatic carbocycles. The first-order chi connectivity index (χ1) is 9.14. The lowest BCUT2D eigenvalue weighted by Crippen LogP contribution is -2.44. The van der Waals surface area contributed by atoms with Crippen molar-refractivity contribution in [1.82, 2.24) is 5.32 Å². The highest BCUT2D eigenvalue weighted by Gasteiger charge is 2.63. The molecule has 0 saturated carbocycles. The first kappa shape index (κ1) is 14.4. The molecule has 1 N–H and O–H groups in total. The Kier molecular flexibility index (Phi) is 3.27. The molecule has 1 aromatic carbocycles. The number of hydrogen-bond donors (Lipinski definition) is 1. The summed E-state index contributed by atoms with van der Waals surface area (Å²) in [6.07, 6.45) is -5.55. The van der Waals surface area contributed by atoms with Gasteiger partial charge < -0.3 is 5.32 Å². The minimum absolute atomic E-state index is 0.0555. The van der Waals surface area contributed by atoms with E-state index in [-0.39, 0.29) is 5.56 Å². The molecule has 1 aliphatic heterocycles. The van der Waals surface area contributed by atoms with Gasteiger partial charge in [0.05, 0.1) is 0 Å². The molecule has 3 nitrogen and oxygen atoms in total. The minimum Gasteiger partial charge on any atom is -0.352 e. The van der Waals surface area contributed by atoms with E-state index in [0.29, 0.717) is 18.5 Å². The summed E-state index contributed by atoms with van der Waals surface area (Å²) in [7, 11) is 0. The van der Waals surface area contributed by atoms with Gasteiger partial charge in [0.25, 0.3) is 5.91 Å². The maximum Gasteiger partial charge on any atom is 0.461 e. The molecule has 0 spiro atoms. The van der Waals surface area contributed by atoms with Crippen LogP contribution in [0.5, 0.6) is 0 Å². The Bertz CT molecular complexity index is 580. The number of nitrogens with one attached hydrogen (secondary N) is 1. The highest BCUT2D eigenvalue weighted by Crippen LogP contribution is 2.38. The lowest BCUT2D eigenvalue weighted by atomic mass is 9.95. The summed E-state index contributed by atoms with van der Waals surface area (Å²) >= 11 is 0. The van der Waals surface area contributed by atoms with Crippen LogP contribution in [-0.2, 0) is 6.42 Å². The fourth-order valence-corrected chi connectivity index (χ4v) is 1.86. The number of hydrogen-bond acceptors (Lipinski definition) is 2. The van der Waals surface area contributed by atoms with Gasteiger partial charge in [0.1, 0.15) is 0 Å². The fraction of sp³-hybridized carbons (Fsp3) is 0.333. The Labute approximate surface area is 109 Å². The van der Waals surface area contributed by atoms with E-state index in [1.165, 1.54) is 6.07 Å². The Morgan fingerprint density at radius 3 is 2.40 bits per heavy atom. The third-order valence-corrected chi connectivity index (χ3v) is 2.94. The van der Waals surface area contributed by atoms with Crippen LogP contribution < -0.4 is 5.32 Å². The van der Waals surface area contributed by atoms with Gasteiger partial charge >= 0.3 is 12.1 Å². The smallest absolute Gasteiger partial charge is 0.352 e. The first-order valence-corrected chi connectivity index (χ1v) is 5.55. The summed E-state index contributed by atoms with van der Waals surface area (Å²) < 4.78 is 62.3. The van der Waals surface area contributed by atoms with E-state index in [1.807, 2.05) is 0 Å². The van der Waals surface area contributed by atoms with Gasteiger partial charge in [-0.3, -0.25) is 9.59 Å². The molecule has 1 aliphatic rings. The number of benzene rings is 1. The molecule has 1 aromatic rings. The van der Waals surface area contributed by atoms with Gasteiger partial charge in [0.15, 0.2) is 0 Å². The summed E-state index contributed by atoms with van der Waals surface area (Å²) in [6.45, 7) is 0.345. The zero-order valence-electron chi connectivity index (χ0n) is 9.85. The lowest BCUT2D eigenvalue weighted by Gasteiger charge is -2.20. The molecular formula is C12H8F5NO2. The van der Waals surface area contributed by atoms with E-state index in [4.69, 9.17) is 0 Å². The summed E-state index contributed by atoms with van der Waals surface area (Å²) in [5, 5.41) is 2.41. The van der Waals surface area contributed by atoms with Gasteiger partial charge in [-0.05, 0) is 18.1 Å².